The van der Waals surface area contributed by atoms with Crippen LogP contribution in [0.5, 0.6) is 0 Å². The molecule has 0 spiro atoms. The summed E-state index contributed by atoms with van der Waals surface area (Å²) in [5.41, 5.74) is 0. The fourth-order valence-corrected chi connectivity index (χ4v) is 0. The Bertz CT molecular complexity index is 8.00. The summed E-state index contributed by atoms with van der Waals surface area (Å²) in [6.07, 6.45) is 0. The van der Waals surface area contributed by atoms with E-state index in [4.69, 9.17) is 0 Å². The van der Waals surface area contributed by atoms with Crippen molar-refractivity contribution in [1.29, 1.82) is 0 Å². The van der Waals surface area contributed by atoms with Crippen LogP contribution in [0.3, 0.4) is 0 Å². The first-order valence-corrected chi connectivity index (χ1v) is 0. The molecular weight excluding hydrogens is 143 g/mol. The second-order valence-electron chi connectivity index (χ2n) is 0. The molecule has 4 heavy (non-hydrogen) atoms. The van der Waals surface area contributed by atoms with Crippen LogP contribution in [0.2, 0.25) is 0 Å². The Morgan fingerprint density at radius 1 is 1.00 bits per heavy atom. The summed E-state index contributed by atoms with van der Waals surface area (Å²) < 4.78 is 0. The molecule has 0 saturated carbocycles. The van der Waals surface area contributed by atoms with Crippen molar-refractivity contribution in [2.75, 3.05) is 0 Å². The molecule has 0 aromatic heterocycles. The standard InChI is InChI=1S/CH4.Al.Fe.Ti.3H/h1H4;;;;;;. The number of hydrogen-bond donors (Lipinski definition) is 0. The smallest absolute Gasteiger partial charge is 0.0776 e. The van der Waals surface area contributed by atoms with Crippen molar-refractivity contribution < 1.29 is 38.8 Å². The zero-order valence-electron chi connectivity index (χ0n) is 0.854. The van der Waals surface area contributed by atoms with E-state index in [9.17, 15) is 0 Å². The third-order valence-corrected chi connectivity index (χ3v) is 0. The zero-order valence-corrected chi connectivity index (χ0v) is 3.52. The number of rotatable bonds is 0. The SMILES string of the molecule is C.[AlH3].[Fe].[Ti]. The molecule has 0 aromatic carbocycles. The van der Waals surface area contributed by atoms with Crippen LogP contribution in [0.4, 0.5) is 0 Å². The fourth-order valence-electron chi connectivity index (χ4n) is 0. The summed E-state index contributed by atoms with van der Waals surface area (Å²) in [6, 6.07) is 0. The predicted molar refractivity (Wildman–Crippen MR) is 16.7 cm³/mol. The fraction of sp³-hybridized carbons (Fsp3) is 1.00. The van der Waals surface area contributed by atoms with Gasteiger partial charge in [-0.3, -0.25) is 0 Å². The van der Waals surface area contributed by atoms with Crippen molar-refractivity contribution >= 4 is 17.4 Å². The molecule has 0 aliphatic carbocycles. The van der Waals surface area contributed by atoms with Gasteiger partial charge in [0.25, 0.3) is 0 Å². The third kappa shape index (κ3) is 9.24. The third-order valence-electron chi connectivity index (χ3n) is 0. The van der Waals surface area contributed by atoms with Gasteiger partial charge >= 0.3 is 0 Å². The molecule has 0 heterocycles. The molecule has 0 radical (unpaired) electrons. The van der Waals surface area contributed by atoms with Gasteiger partial charge in [-0.25, -0.2) is 0 Å². The summed E-state index contributed by atoms with van der Waals surface area (Å²) >= 11 is 0. The molecule has 0 saturated heterocycles. The normalized spacial score (nSPS) is 0. The van der Waals surface area contributed by atoms with Crippen LogP contribution in [-0.4, -0.2) is 17.4 Å². The van der Waals surface area contributed by atoms with Crippen molar-refractivity contribution in [3.05, 3.63) is 0 Å². The van der Waals surface area contributed by atoms with Crippen LogP contribution in [0.25, 0.3) is 0 Å². The van der Waals surface area contributed by atoms with Gasteiger partial charge in [-0.05, 0) is 0 Å². The summed E-state index contributed by atoms with van der Waals surface area (Å²) in [5.74, 6) is 0. The van der Waals surface area contributed by atoms with Gasteiger partial charge in [-0.15, -0.1) is 0 Å². The first kappa shape index (κ1) is 42.0. The van der Waals surface area contributed by atoms with Crippen LogP contribution in [0.1, 0.15) is 7.43 Å². The van der Waals surface area contributed by atoms with Crippen molar-refractivity contribution in [2.45, 2.75) is 7.43 Å². The van der Waals surface area contributed by atoms with Gasteiger partial charge in [0.2, 0.25) is 0 Å². The molecule has 0 bridgehead atoms. The molecule has 26 valence electrons. The second kappa shape index (κ2) is 21.7. The van der Waals surface area contributed by atoms with E-state index in [0.29, 0.717) is 0 Å². The van der Waals surface area contributed by atoms with Gasteiger partial charge in [-0.1, -0.05) is 7.43 Å². The average molecular weight is 150 g/mol. The molecule has 0 aliphatic rings. The van der Waals surface area contributed by atoms with Crippen LogP contribution >= 0.6 is 0 Å². The Balaban J connectivity index is 0. The maximum atomic E-state index is 0. The van der Waals surface area contributed by atoms with Crippen molar-refractivity contribution in [2.24, 2.45) is 0 Å². The monoisotopic (exact) mass is 150 g/mol. The summed E-state index contributed by atoms with van der Waals surface area (Å²) in [7, 11) is 0. The van der Waals surface area contributed by atoms with Crippen molar-refractivity contribution in [3.63, 3.8) is 0 Å². The van der Waals surface area contributed by atoms with Gasteiger partial charge in [0.1, 0.15) is 0 Å². The van der Waals surface area contributed by atoms with Crippen molar-refractivity contribution in [3.8, 4) is 0 Å². The first-order chi connectivity index (χ1) is 0. The Labute approximate surface area is 63.2 Å². The Kier molecular flexibility index (Phi) is 227. The summed E-state index contributed by atoms with van der Waals surface area (Å²) in [5, 5.41) is 0. The Hall–Kier alpha value is 1.77. The molecule has 0 rings (SSSR count). The maximum Gasteiger partial charge on any atom is 0.187 e. The van der Waals surface area contributed by atoms with Crippen LogP contribution in [0, 0.1) is 0 Å². The molecular formula is CH7AlFeTi. The molecule has 0 N–H and O–H groups in total. The van der Waals surface area contributed by atoms with Gasteiger partial charge < -0.3 is 0 Å². The minimum absolute atomic E-state index is 0. The largest absolute Gasteiger partial charge is 0.187 e. The van der Waals surface area contributed by atoms with E-state index in [1.807, 2.05) is 0 Å². The first-order valence-electron chi connectivity index (χ1n) is 0. The minimum Gasteiger partial charge on any atom is -0.0776 e. The molecule has 0 nitrogen and oxygen atoms in total. The van der Waals surface area contributed by atoms with Crippen LogP contribution in [-0.2, 0) is 38.8 Å². The Morgan fingerprint density at radius 2 is 1.00 bits per heavy atom. The molecule has 0 aromatic rings. The van der Waals surface area contributed by atoms with E-state index in [1.165, 1.54) is 0 Å². The molecule has 0 fully saturated rings. The topological polar surface area (TPSA) is 0 Å². The molecule has 3 heteroatoms. The average Bonchev–Trinajstić information content (AvgIpc) is 0. The van der Waals surface area contributed by atoms with Crippen LogP contribution < -0.4 is 0 Å². The van der Waals surface area contributed by atoms with Gasteiger partial charge in [0.15, 0.2) is 17.4 Å². The molecule has 0 unspecified atom stereocenters. The van der Waals surface area contributed by atoms with E-state index in [0.717, 1.165) is 0 Å². The van der Waals surface area contributed by atoms with Crippen molar-refractivity contribution in [1.82, 2.24) is 0 Å². The van der Waals surface area contributed by atoms with E-state index in [2.05, 4.69) is 0 Å². The zero-order chi connectivity index (χ0) is 0. The van der Waals surface area contributed by atoms with E-state index in [1.54, 1.807) is 0 Å². The van der Waals surface area contributed by atoms with Gasteiger partial charge in [0.05, 0.1) is 0 Å². The molecule has 0 amide bonds. The predicted octanol–water partition coefficient (Wildman–Crippen LogP) is -0.553. The minimum atomic E-state index is 0. The molecule has 0 atom stereocenters. The summed E-state index contributed by atoms with van der Waals surface area (Å²) in [4.78, 5) is 0. The van der Waals surface area contributed by atoms with Crippen LogP contribution in [0.15, 0.2) is 0 Å². The van der Waals surface area contributed by atoms with E-state index in [-0.39, 0.29) is 63.6 Å². The van der Waals surface area contributed by atoms with E-state index < -0.39 is 0 Å². The number of hydrogen-bond acceptors (Lipinski definition) is 0. The van der Waals surface area contributed by atoms with Gasteiger partial charge in [0, 0.05) is 38.8 Å². The summed E-state index contributed by atoms with van der Waals surface area (Å²) in [6.45, 7) is 0. The molecule has 0 aliphatic heterocycles. The quantitative estimate of drug-likeness (QED) is 0.406. The second-order valence-corrected chi connectivity index (χ2v) is 0. The maximum absolute atomic E-state index is 0. The van der Waals surface area contributed by atoms with Gasteiger partial charge in [-0.2, -0.15) is 0 Å². The van der Waals surface area contributed by atoms with E-state index >= 15 is 0 Å². The Morgan fingerprint density at radius 3 is 1.00 bits per heavy atom.